The number of ether oxygens (including phenoxy) is 1. The number of rotatable bonds is 8. The number of carbonyl (C=O) groups excluding carboxylic acids is 1. The van der Waals surface area contributed by atoms with E-state index in [1.165, 1.54) is 53.6 Å². The third-order valence-electron chi connectivity index (χ3n) is 10.6. The monoisotopic (exact) mass is 928 g/mol. The van der Waals surface area contributed by atoms with Crippen molar-refractivity contribution in [1.82, 2.24) is 30.2 Å². The van der Waals surface area contributed by atoms with Crippen LogP contribution in [0.15, 0.2) is 134 Å². The zero-order chi connectivity index (χ0) is 48.0. The predicted molar refractivity (Wildman–Crippen MR) is 264 cm³/mol. The summed E-state index contributed by atoms with van der Waals surface area (Å²) in [6.07, 6.45) is 15.8. The highest BCUT2D eigenvalue weighted by Gasteiger charge is 2.37. The molecule has 3 aliphatic heterocycles. The van der Waals surface area contributed by atoms with Crippen LogP contribution < -0.4 is 31.2 Å². The number of piperidine rings is 1. The van der Waals surface area contributed by atoms with Gasteiger partial charge in [0, 0.05) is 103 Å². The second-order valence-corrected chi connectivity index (χ2v) is 16.3. The van der Waals surface area contributed by atoms with Crippen LogP contribution in [-0.2, 0) is 9.31 Å². The van der Waals surface area contributed by atoms with E-state index in [9.17, 15) is 4.79 Å². The molecule has 348 valence electrons. The maximum atomic E-state index is 12.7. The summed E-state index contributed by atoms with van der Waals surface area (Å²) in [5.41, 5.74) is 6.95. The number of hydrogen-bond donors (Lipinski definition) is 7. The van der Waals surface area contributed by atoms with Gasteiger partial charge in [-0.25, -0.2) is 9.97 Å². The third-order valence-corrected chi connectivity index (χ3v) is 11.5. The van der Waals surface area contributed by atoms with Gasteiger partial charge in [-0.15, -0.1) is 0 Å². The van der Waals surface area contributed by atoms with Crippen LogP contribution in [0.3, 0.4) is 0 Å². The smallest absolute Gasteiger partial charge is 0.482 e. The normalized spacial score (nSPS) is 14.2. The molecule has 2 fully saturated rings. The highest BCUT2D eigenvalue weighted by molar-refractivity contribution is 7.20. The number of hydrogen-bond acceptors (Lipinski definition) is 16. The Labute approximate surface area is 397 Å². The Balaban J connectivity index is 0.000000180. The minimum absolute atomic E-state index is 0.0913. The Morgan fingerprint density at radius 2 is 1.45 bits per heavy atom. The van der Waals surface area contributed by atoms with Crippen molar-refractivity contribution in [3.63, 3.8) is 0 Å². The van der Waals surface area contributed by atoms with E-state index in [4.69, 9.17) is 44.2 Å². The molecule has 0 aliphatic carbocycles. The van der Waals surface area contributed by atoms with Gasteiger partial charge in [-0.05, 0) is 111 Å². The minimum atomic E-state index is -1.47. The number of carbonyl (C=O) groups is 1. The molecular formula is C46H56B4N6O10S. The molecule has 0 unspecified atom stereocenters. The Morgan fingerprint density at radius 3 is 1.97 bits per heavy atom. The summed E-state index contributed by atoms with van der Waals surface area (Å²) >= 11 is 1.33. The lowest BCUT2D eigenvalue weighted by Crippen LogP contribution is -2.46. The van der Waals surface area contributed by atoms with Crippen molar-refractivity contribution in [2.45, 2.75) is 45.6 Å². The average molecular weight is 928 g/mol. The lowest BCUT2D eigenvalue weighted by atomic mass is 9.79. The first-order chi connectivity index (χ1) is 32.4. The number of aromatic nitrogens is 4. The van der Waals surface area contributed by atoms with E-state index in [1.54, 1.807) is 42.0 Å². The van der Waals surface area contributed by atoms with Gasteiger partial charge >= 0.3 is 28.5 Å². The van der Waals surface area contributed by atoms with E-state index in [1.807, 2.05) is 43.0 Å². The van der Waals surface area contributed by atoms with Crippen molar-refractivity contribution in [2.75, 3.05) is 39.4 Å². The van der Waals surface area contributed by atoms with Gasteiger partial charge < -0.3 is 54.4 Å². The van der Waals surface area contributed by atoms with E-state index in [2.05, 4.69) is 68.6 Å². The van der Waals surface area contributed by atoms with Crippen molar-refractivity contribution in [3.05, 3.63) is 156 Å². The maximum absolute atomic E-state index is 12.7. The molecule has 4 aromatic heterocycles. The zero-order valence-corrected chi connectivity index (χ0v) is 38.7. The molecule has 21 heteroatoms. The number of amides is 1. The fourth-order valence-corrected chi connectivity index (χ4v) is 7.56. The number of thiophene rings is 1. The number of nitrogens with one attached hydrogen (secondary N) is 1. The highest BCUT2D eigenvalue weighted by Crippen LogP contribution is 2.43. The minimum Gasteiger partial charge on any atom is -0.482 e. The first-order valence-corrected chi connectivity index (χ1v) is 22.8. The van der Waals surface area contributed by atoms with Gasteiger partial charge in [0.05, 0.1) is 0 Å². The molecule has 7 heterocycles. The number of benzene rings is 2. The summed E-state index contributed by atoms with van der Waals surface area (Å²) in [5.74, 6) is 1.05. The van der Waals surface area contributed by atoms with Crippen molar-refractivity contribution in [2.24, 2.45) is 0 Å². The number of nitrogens with zero attached hydrogens (tertiary/aromatic N) is 5. The maximum Gasteiger partial charge on any atom is 0.499 e. The lowest BCUT2D eigenvalue weighted by molar-refractivity contribution is 0.0772. The van der Waals surface area contributed by atoms with E-state index in [0.29, 0.717) is 15.7 Å². The topological polar surface area (TPSA) is 233 Å². The van der Waals surface area contributed by atoms with E-state index in [-0.39, 0.29) is 18.6 Å². The Morgan fingerprint density at radius 1 is 0.776 bits per heavy atom. The van der Waals surface area contributed by atoms with Crippen LogP contribution in [0.1, 0.15) is 60.2 Å². The molecular weight excluding hydrogens is 872 g/mol. The average Bonchev–Trinajstić information content (AvgIpc) is 3.93. The van der Waals surface area contributed by atoms with Gasteiger partial charge in [0.15, 0.2) is 0 Å². The van der Waals surface area contributed by atoms with Crippen LogP contribution in [0.5, 0.6) is 5.75 Å². The molecule has 1 amide bonds. The van der Waals surface area contributed by atoms with Crippen molar-refractivity contribution in [3.8, 4) is 5.75 Å². The van der Waals surface area contributed by atoms with Gasteiger partial charge in [-0.2, -0.15) is 11.3 Å². The van der Waals surface area contributed by atoms with Crippen molar-refractivity contribution < 1.29 is 49.0 Å². The molecule has 0 radical (unpaired) electrons. The lowest BCUT2D eigenvalue weighted by Gasteiger charge is -2.40. The van der Waals surface area contributed by atoms with Crippen molar-refractivity contribution >= 4 is 72.5 Å². The molecule has 16 nitrogen and oxygen atoms in total. The fraction of sp³-hybridized carbons (Fsp3) is 0.283. The van der Waals surface area contributed by atoms with E-state index >= 15 is 0 Å². The molecule has 6 aromatic rings. The van der Waals surface area contributed by atoms with Crippen LogP contribution in [0.2, 0.25) is 0 Å². The fourth-order valence-electron chi connectivity index (χ4n) is 6.97. The number of fused-ring (bicyclic) bond motifs is 1. The van der Waals surface area contributed by atoms with E-state index in [0.717, 1.165) is 86.6 Å². The second-order valence-electron chi connectivity index (χ2n) is 15.3. The molecule has 2 saturated heterocycles. The summed E-state index contributed by atoms with van der Waals surface area (Å²) < 4.78 is 17.9. The summed E-state index contributed by atoms with van der Waals surface area (Å²) in [7, 11) is -4.35. The molecule has 1 spiro atoms. The Kier molecular flexibility index (Phi) is 21.3. The van der Waals surface area contributed by atoms with E-state index < -0.39 is 21.4 Å². The Bertz CT molecular complexity index is 2320. The first-order valence-electron chi connectivity index (χ1n) is 22.0. The zero-order valence-electron chi connectivity index (χ0n) is 37.8. The molecule has 9 rings (SSSR count). The van der Waals surface area contributed by atoms with Gasteiger partial charge in [-0.1, -0.05) is 42.0 Å². The van der Waals surface area contributed by atoms with Crippen LogP contribution in [-0.4, -0.2) is 134 Å². The largest absolute Gasteiger partial charge is 0.499 e. The predicted octanol–water partition coefficient (Wildman–Crippen LogP) is 0.983. The van der Waals surface area contributed by atoms with Gasteiger partial charge in [0.2, 0.25) is 0 Å². The quantitative estimate of drug-likeness (QED) is 0.106. The van der Waals surface area contributed by atoms with Crippen LogP contribution in [0.25, 0.3) is 5.57 Å². The highest BCUT2D eigenvalue weighted by atomic mass is 32.1. The summed E-state index contributed by atoms with van der Waals surface area (Å²) in [6.45, 7) is 11.1. The first kappa shape index (κ1) is 52.4. The van der Waals surface area contributed by atoms with Crippen LogP contribution in [0, 0.1) is 6.92 Å². The van der Waals surface area contributed by atoms with Crippen molar-refractivity contribution in [1.29, 1.82) is 0 Å². The van der Waals surface area contributed by atoms with Gasteiger partial charge in [0.1, 0.15) is 17.7 Å². The molecule has 0 atom stereocenters. The number of pyridine rings is 2. The van der Waals surface area contributed by atoms with Crippen LogP contribution in [0.4, 0.5) is 0 Å². The Hall–Kier alpha value is -5.57. The molecule has 7 N–H and O–H groups in total. The molecule has 0 saturated carbocycles. The van der Waals surface area contributed by atoms with Gasteiger partial charge in [-0.3, -0.25) is 14.8 Å². The molecule has 2 aromatic carbocycles. The van der Waals surface area contributed by atoms with Gasteiger partial charge in [0.25, 0.3) is 5.91 Å². The SMILES string of the molecule is CCN(CC)C(=O)c1ccc(C2=CC3(CCNCC3)Oc3ccc(C)cc32)cc1.OB(O)c1cccs1.OB(O)c1ccncc1.OB(O)c1cncnc1.c1cncc(B2OCCCO2)c1. The summed E-state index contributed by atoms with van der Waals surface area (Å²) in [5, 5.41) is 56.3. The molecule has 0 bridgehead atoms. The molecule has 67 heavy (non-hydrogen) atoms. The number of aryl methyl sites for hydroxylation is 1. The molecule has 3 aliphatic rings. The summed E-state index contributed by atoms with van der Waals surface area (Å²) in [6, 6.07) is 24.9. The second kappa shape index (κ2) is 27.3. The standard InChI is InChI=1S/C25H30N2O2.C8H10BNO2.C5H6BNO2.C4H5BN2O2.C4H5BO2S/c1-4-27(5-2)24(28)20-9-7-19(8-10-20)22-17-25(12-14-26-15-13-25)29-23-11-6-18(3)16-21(22)23;1-3-8(7-10-4-1)9-11-5-2-6-12-9;8-6(9)5-1-3-7-4-2-5;8-5(9)4-1-6-3-7-2-4;6-5(7)4-2-1-3-8-4/h6-11,16-17,26H,4-5,12-15H2,1-3H3;1,3-4,7H,2,5-6H2;1-4,8-9H;1-3,8-9H;1-3,6-7H. The third kappa shape index (κ3) is 16.3. The summed E-state index contributed by atoms with van der Waals surface area (Å²) in [4.78, 5) is 29.4. The van der Waals surface area contributed by atoms with Crippen LogP contribution >= 0.6 is 11.3 Å².